The predicted molar refractivity (Wildman–Crippen MR) is 137 cm³/mol. The summed E-state index contributed by atoms with van der Waals surface area (Å²) in [7, 11) is 0. The Morgan fingerprint density at radius 3 is 2.36 bits per heavy atom. The molecule has 1 aliphatic carbocycles. The van der Waals surface area contributed by atoms with Crippen LogP contribution in [0.3, 0.4) is 0 Å². The highest BCUT2D eigenvalue weighted by molar-refractivity contribution is 6.39. The molecule has 1 saturated heterocycles. The van der Waals surface area contributed by atoms with Gasteiger partial charge in [0, 0.05) is 24.7 Å². The van der Waals surface area contributed by atoms with Gasteiger partial charge in [-0.3, -0.25) is 19.4 Å². The van der Waals surface area contributed by atoms with Crippen molar-refractivity contribution in [1.82, 2.24) is 4.90 Å². The van der Waals surface area contributed by atoms with Crippen molar-refractivity contribution in [3.05, 3.63) is 24.3 Å². The molecule has 1 aromatic rings. The van der Waals surface area contributed by atoms with Crippen LogP contribution < -0.4 is 10.2 Å². The maximum atomic E-state index is 13.0. The van der Waals surface area contributed by atoms with Gasteiger partial charge in [-0.2, -0.15) is 0 Å². The molecule has 1 aromatic carbocycles. The van der Waals surface area contributed by atoms with E-state index in [1.54, 1.807) is 18.2 Å². The van der Waals surface area contributed by atoms with Gasteiger partial charge in [-0.25, -0.2) is 9.59 Å². The van der Waals surface area contributed by atoms with Crippen molar-refractivity contribution in [2.45, 2.75) is 96.2 Å². The lowest BCUT2D eigenvalue weighted by molar-refractivity contribution is -0.149. The van der Waals surface area contributed by atoms with Crippen LogP contribution in [0.15, 0.2) is 24.3 Å². The molecule has 198 valence electrons. The summed E-state index contributed by atoms with van der Waals surface area (Å²) < 4.78 is 0. The Balaban J connectivity index is 1.88. The topological polar surface area (TPSA) is 127 Å². The van der Waals surface area contributed by atoms with Gasteiger partial charge in [-0.1, -0.05) is 58.1 Å². The Hall–Kier alpha value is -2.94. The Labute approximate surface area is 212 Å². The second kappa shape index (κ2) is 12.9. The van der Waals surface area contributed by atoms with Crippen LogP contribution in [0.4, 0.5) is 11.4 Å². The molecule has 2 fully saturated rings. The number of aliphatic carboxylic acids is 2. The molecule has 0 aromatic heterocycles. The molecule has 9 nitrogen and oxygen atoms in total. The van der Waals surface area contributed by atoms with E-state index in [9.17, 15) is 24.3 Å². The molecule has 2 amide bonds. The van der Waals surface area contributed by atoms with Gasteiger partial charge in [-0.05, 0) is 50.2 Å². The first-order chi connectivity index (χ1) is 17.3. The largest absolute Gasteiger partial charge is 0.474 e. The van der Waals surface area contributed by atoms with Gasteiger partial charge in [0.1, 0.15) is 0 Å². The summed E-state index contributed by atoms with van der Waals surface area (Å²) in [6.45, 7) is 5.14. The first kappa shape index (κ1) is 27.6. The van der Waals surface area contributed by atoms with Gasteiger partial charge in [0.2, 0.25) is 0 Å². The van der Waals surface area contributed by atoms with Crippen LogP contribution in [0.1, 0.15) is 78.1 Å². The number of hydrogen-bond donors (Lipinski definition) is 3. The molecule has 0 spiro atoms. The first-order valence-electron chi connectivity index (χ1n) is 13.2. The summed E-state index contributed by atoms with van der Waals surface area (Å²) in [6, 6.07) is 6.63. The van der Waals surface area contributed by atoms with Gasteiger partial charge in [0.25, 0.3) is 0 Å². The van der Waals surface area contributed by atoms with Crippen molar-refractivity contribution in [1.29, 1.82) is 0 Å². The van der Waals surface area contributed by atoms with E-state index in [1.807, 2.05) is 0 Å². The standard InChI is InChI=1S/C27H39N3O6/c1-3-8-18-10-7-11-20(16-18)29-15-14-21(17-19(29)9-4-2)30(25(32)27(35)36)23-13-6-5-12-22(23)28-24(31)26(33)34/h5-6,12-13,18-21H,3-4,7-11,14-17H2,1-2H3,(H,28,31)(H,33,34)(H,35,36)/t18-,19+,20-,21+/m0/s1. The van der Waals surface area contributed by atoms with Crippen LogP contribution in [0.2, 0.25) is 0 Å². The van der Waals surface area contributed by atoms with Crippen LogP contribution in [0, 0.1) is 5.92 Å². The van der Waals surface area contributed by atoms with Crippen molar-refractivity contribution in [2.24, 2.45) is 5.92 Å². The molecule has 3 rings (SSSR count). The number of carboxylic acid groups (broad SMARTS) is 2. The summed E-state index contributed by atoms with van der Waals surface area (Å²) in [4.78, 5) is 51.6. The molecular formula is C27H39N3O6. The fourth-order valence-electron chi connectivity index (χ4n) is 6.15. The molecule has 0 unspecified atom stereocenters. The zero-order valence-corrected chi connectivity index (χ0v) is 21.3. The monoisotopic (exact) mass is 501 g/mol. The third-order valence-electron chi connectivity index (χ3n) is 7.65. The molecule has 1 heterocycles. The highest BCUT2D eigenvalue weighted by atomic mass is 16.4. The number of carboxylic acids is 2. The highest BCUT2D eigenvalue weighted by Crippen LogP contribution is 2.38. The summed E-state index contributed by atoms with van der Waals surface area (Å²) >= 11 is 0. The SMILES string of the molecule is CCC[C@H]1CCC[C@H](N2CC[C@@H](N(C(=O)C(=O)O)c3ccccc3NC(=O)C(=O)O)C[C@H]2CCC)C1. The minimum absolute atomic E-state index is 0.101. The van der Waals surface area contributed by atoms with E-state index in [1.165, 1.54) is 49.5 Å². The summed E-state index contributed by atoms with van der Waals surface area (Å²) in [6.07, 6.45) is 10.5. The van der Waals surface area contributed by atoms with Crippen LogP contribution in [0.25, 0.3) is 0 Å². The summed E-state index contributed by atoms with van der Waals surface area (Å²) in [5.41, 5.74) is 0.303. The smallest absolute Gasteiger partial charge is 0.394 e. The van der Waals surface area contributed by atoms with E-state index in [2.05, 4.69) is 24.1 Å². The third kappa shape index (κ3) is 6.63. The molecule has 36 heavy (non-hydrogen) atoms. The molecular weight excluding hydrogens is 462 g/mol. The number of carbonyl (C=O) groups is 4. The summed E-state index contributed by atoms with van der Waals surface area (Å²) in [5, 5.41) is 21.0. The van der Waals surface area contributed by atoms with Gasteiger partial charge >= 0.3 is 23.8 Å². The Kier molecular flexibility index (Phi) is 9.87. The maximum Gasteiger partial charge on any atom is 0.394 e. The number of para-hydroxylation sites is 2. The molecule has 4 atom stereocenters. The van der Waals surface area contributed by atoms with E-state index >= 15 is 0 Å². The molecule has 9 heteroatoms. The summed E-state index contributed by atoms with van der Waals surface area (Å²) in [5.74, 6) is -4.82. The average molecular weight is 502 g/mol. The van der Waals surface area contributed by atoms with Crippen LogP contribution >= 0.6 is 0 Å². The van der Waals surface area contributed by atoms with Crippen molar-refractivity contribution in [3.63, 3.8) is 0 Å². The van der Waals surface area contributed by atoms with Crippen LogP contribution in [0.5, 0.6) is 0 Å². The Bertz CT molecular complexity index is 949. The zero-order valence-electron chi connectivity index (χ0n) is 21.3. The van der Waals surface area contributed by atoms with Crippen molar-refractivity contribution in [2.75, 3.05) is 16.8 Å². The third-order valence-corrected chi connectivity index (χ3v) is 7.65. The Morgan fingerprint density at radius 1 is 0.972 bits per heavy atom. The second-order valence-electron chi connectivity index (χ2n) is 10.1. The lowest BCUT2D eigenvalue weighted by Gasteiger charge is -2.48. The fraction of sp³-hybridized carbons (Fsp3) is 0.630. The van der Waals surface area contributed by atoms with E-state index in [4.69, 9.17) is 5.11 Å². The van der Waals surface area contributed by atoms with Crippen molar-refractivity contribution in [3.8, 4) is 0 Å². The minimum atomic E-state index is -1.66. The molecule has 2 aliphatic rings. The number of rotatable bonds is 8. The first-order valence-corrected chi connectivity index (χ1v) is 13.2. The normalized spacial score (nSPS) is 24.6. The second-order valence-corrected chi connectivity index (χ2v) is 10.1. The number of hydrogen-bond acceptors (Lipinski definition) is 5. The van der Waals surface area contributed by atoms with Gasteiger partial charge in [0.05, 0.1) is 11.4 Å². The number of anilines is 2. The maximum absolute atomic E-state index is 13.0. The number of amides is 2. The number of nitrogens with one attached hydrogen (secondary N) is 1. The highest BCUT2D eigenvalue weighted by Gasteiger charge is 2.40. The van der Waals surface area contributed by atoms with E-state index in [0.717, 1.165) is 25.3 Å². The lowest BCUT2D eigenvalue weighted by Crippen LogP contribution is -2.56. The fourth-order valence-corrected chi connectivity index (χ4v) is 6.15. The number of likely N-dealkylation sites (tertiary alicyclic amines) is 1. The average Bonchev–Trinajstić information content (AvgIpc) is 2.86. The molecule has 0 bridgehead atoms. The number of benzene rings is 1. The van der Waals surface area contributed by atoms with Gasteiger partial charge in [-0.15, -0.1) is 0 Å². The minimum Gasteiger partial charge on any atom is -0.474 e. The molecule has 0 radical (unpaired) electrons. The van der Waals surface area contributed by atoms with E-state index in [0.29, 0.717) is 18.9 Å². The van der Waals surface area contributed by atoms with Crippen LogP contribution in [-0.2, 0) is 19.2 Å². The quantitative estimate of drug-likeness (QED) is 0.457. The molecule has 3 N–H and O–H groups in total. The van der Waals surface area contributed by atoms with Gasteiger partial charge < -0.3 is 15.5 Å². The molecule has 1 saturated carbocycles. The van der Waals surface area contributed by atoms with E-state index < -0.39 is 23.8 Å². The van der Waals surface area contributed by atoms with Gasteiger partial charge in [0.15, 0.2) is 0 Å². The Morgan fingerprint density at radius 2 is 1.69 bits per heavy atom. The number of carbonyl (C=O) groups excluding carboxylic acids is 2. The van der Waals surface area contributed by atoms with E-state index in [-0.39, 0.29) is 23.5 Å². The van der Waals surface area contributed by atoms with Crippen molar-refractivity contribution < 1.29 is 29.4 Å². The van der Waals surface area contributed by atoms with Crippen LogP contribution in [-0.4, -0.2) is 63.5 Å². The predicted octanol–water partition coefficient (Wildman–Crippen LogP) is 4.12. The zero-order chi connectivity index (χ0) is 26.2. The molecule has 1 aliphatic heterocycles. The lowest BCUT2D eigenvalue weighted by atomic mass is 9.80. The van der Waals surface area contributed by atoms with Crippen molar-refractivity contribution >= 4 is 35.1 Å². The number of piperidine rings is 1. The number of nitrogens with zero attached hydrogens (tertiary/aromatic N) is 2.